The van der Waals surface area contributed by atoms with Gasteiger partial charge in [-0.2, -0.15) is 0 Å². The molecule has 1 heterocycles. The van der Waals surface area contributed by atoms with Crippen molar-refractivity contribution in [3.05, 3.63) is 46.2 Å². The van der Waals surface area contributed by atoms with E-state index in [2.05, 4.69) is 4.74 Å². The number of hydrogen-bond acceptors (Lipinski definition) is 5. The fourth-order valence-corrected chi connectivity index (χ4v) is 2.55. The van der Waals surface area contributed by atoms with Gasteiger partial charge in [0.1, 0.15) is 10.9 Å². The molecule has 0 amide bonds. The number of aliphatic carboxylic acids is 1. The van der Waals surface area contributed by atoms with Crippen LogP contribution in [0.4, 0.5) is 0 Å². The third-order valence-corrected chi connectivity index (χ3v) is 3.77. The number of methoxy groups -OCH3 is 1. The maximum atomic E-state index is 11.4. The molecule has 104 valence electrons. The summed E-state index contributed by atoms with van der Waals surface area (Å²) in [6.45, 7) is 0. The summed E-state index contributed by atoms with van der Waals surface area (Å²) in [5.74, 6) is -1.44. The minimum atomic E-state index is -1.07. The fraction of sp³-hybridized carbons (Fsp3) is 0.143. The van der Waals surface area contributed by atoms with Gasteiger partial charge in [0.05, 0.1) is 7.11 Å². The number of rotatable bonds is 4. The number of carbonyl (C=O) groups excluding carboxylic acids is 1. The van der Waals surface area contributed by atoms with Crippen LogP contribution < -0.4 is 5.73 Å². The number of carbonyl (C=O) groups is 2. The largest absolute Gasteiger partial charge is 0.480 e. The Hall–Kier alpha value is -2.18. The molecule has 5 nitrogen and oxygen atoms in total. The summed E-state index contributed by atoms with van der Waals surface area (Å²) >= 11 is 1.30. The molecule has 0 unspecified atom stereocenters. The molecule has 0 aliphatic rings. The van der Waals surface area contributed by atoms with Gasteiger partial charge in [-0.25, -0.2) is 4.79 Å². The Bertz CT molecular complexity index is 633. The van der Waals surface area contributed by atoms with Gasteiger partial charge in [0.2, 0.25) is 0 Å². The Labute approximate surface area is 119 Å². The summed E-state index contributed by atoms with van der Waals surface area (Å²) in [5, 5.41) is 10.7. The van der Waals surface area contributed by atoms with Crippen LogP contribution in [0.25, 0.3) is 11.1 Å². The molecule has 0 bridgehead atoms. The number of nitrogens with two attached hydrogens (primary N) is 1. The second-order valence-corrected chi connectivity index (χ2v) is 5.04. The summed E-state index contributed by atoms with van der Waals surface area (Å²) in [4.78, 5) is 22.7. The monoisotopic (exact) mass is 291 g/mol. The number of carboxylic acid groups (broad SMARTS) is 1. The van der Waals surface area contributed by atoms with Gasteiger partial charge >= 0.3 is 11.9 Å². The number of benzene rings is 1. The first kappa shape index (κ1) is 14.2. The van der Waals surface area contributed by atoms with Gasteiger partial charge in [0, 0.05) is 0 Å². The SMILES string of the molecule is COC(=O)c1cc(-c2ccc([C@H](N)C(=O)O)cc2)cs1. The van der Waals surface area contributed by atoms with Crippen molar-refractivity contribution in [3.8, 4) is 11.1 Å². The number of hydrogen-bond donors (Lipinski definition) is 2. The van der Waals surface area contributed by atoms with Crippen LogP contribution in [0.5, 0.6) is 0 Å². The fourth-order valence-electron chi connectivity index (χ4n) is 1.72. The molecule has 2 rings (SSSR count). The normalized spacial score (nSPS) is 11.9. The molecule has 0 radical (unpaired) electrons. The van der Waals surface area contributed by atoms with E-state index in [1.165, 1.54) is 18.4 Å². The van der Waals surface area contributed by atoms with Crippen molar-refractivity contribution < 1.29 is 19.4 Å². The van der Waals surface area contributed by atoms with Gasteiger partial charge in [0.15, 0.2) is 0 Å². The number of carboxylic acids is 1. The van der Waals surface area contributed by atoms with E-state index >= 15 is 0 Å². The first-order chi connectivity index (χ1) is 9.52. The maximum absolute atomic E-state index is 11.4. The second kappa shape index (κ2) is 5.85. The van der Waals surface area contributed by atoms with Crippen LogP contribution in [0.3, 0.4) is 0 Å². The van der Waals surface area contributed by atoms with Crippen molar-refractivity contribution in [3.63, 3.8) is 0 Å². The highest BCUT2D eigenvalue weighted by atomic mass is 32.1. The number of ether oxygens (including phenoxy) is 1. The lowest BCUT2D eigenvalue weighted by Crippen LogP contribution is -2.20. The van der Waals surface area contributed by atoms with Gasteiger partial charge in [-0.05, 0) is 28.1 Å². The van der Waals surface area contributed by atoms with E-state index in [0.717, 1.165) is 11.1 Å². The van der Waals surface area contributed by atoms with E-state index in [1.54, 1.807) is 30.3 Å². The van der Waals surface area contributed by atoms with E-state index in [9.17, 15) is 9.59 Å². The molecule has 0 saturated carbocycles. The molecule has 0 aliphatic heterocycles. The Morgan fingerprint density at radius 3 is 2.45 bits per heavy atom. The standard InChI is InChI=1S/C14H13NO4S/c1-19-14(18)11-6-10(7-20-11)8-2-4-9(5-3-8)12(15)13(16)17/h2-7,12H,15H2,1H3,(H,16,17)/t12-/m0/s1. The van der Waals surface area contributed by atoms with Crippen molar-refractivity contribution in [2.24, 2.45) is 5.73 Å². The van der Waals surface area contributed by atoms with Crippen molar-refractivity contribution in [2.45, 2.75) is 6.04 Å². The van der Waals surface area contributed by atoms with E-state index in [4.69, 9.17) is 10.8 Å². The Morgan fingerprint density at radius 2 is 1.90 bits per heavy atom. The molecular formula is C14H13NO4S. The molecule has 1 aromatic heterocycles. The maximum Gasteiger partial charge on any atom is 0.348 e. The van der Waals surface area contributed by atoms with Crippen LogP contribution >= 0.6 is 11.3 Å². The summed E-state index contributed by atoms with van der Waals surface area (Å²) < 4.78 is 4.65. The average Bonchev–Trinajstić information content (AvgIpc) is 2.95. The van der Waals surface area contributed by atoms with E-state index in [1.807, 2.05) is 5.38 Å². The Balaban J connectivity index is 2.24. The lowest BCUT2D eigenvalue weighted by atomic mass is 10.0. The smallest absolute Gasteiger partial charge is 0.348 e. The van der Waals surface area contributed by atoms with Crippen LogP contribution in [0.1, 0.15) is 21.3 Å². The molecule has 2 aromatic rings. The van der Waals surface area contributed by atoms with Crippen molar-refractivity contribution >= 4 is 23.3 Å². The zero-order valence-electron chi connectivity index (χ0n) is 10.7. The molecule has 0 spiro atoms. The molecule has 1 atom stereocenters. The van der Waals surface area contributed by atoms with Crippen LogP contribution in [-0.4, -0.2) is 24.2 Å². The lowest BCUT2D eigenvalue weighted by Gasteiger charge is -2.07. The predicted octanol–water partition coefficient (Wildman–Crippen LogP) is 2.29. The first-order valence-corrected chi connectivity index (χ1v) is 6.66. The van der Waals surface area contributed by atoms with Gasteiger partial charge in [-0.15, -0.1) is 11.3 Å². The van der Waals surface area contributed by atoms with Gasteiger partial charge in [0.25, 0.3) is 0 Å². The second-order valence-electron chi connectivity index (χ2n) is 4.13. The quantitative estimate of drug-likeness (QED) is 0.843. The third kappa shape index (κ3) is 2.87. The Morgan fingerprint density at radius 1 is 1.25 bits per heavy atom. The minimum absolute atomic E-state index is 0.370. The molecule has 1 aromatic carbocycles. The molecule has 0 fully saturated rings. The first-order valence-electron chi connectivity index (χ1n) is 5.78. The molecule has 0 saturated heterocycles. The molecular weight excluding hydrogens is 278 g/mol. The van der Waals surface area contributed by atoms with Gasteiger partial charge in [-0.3, -0.25) is 4.79 Å². The molecule has 0 aliphatic carbocycles. The zero-order valence-corrected chi connectivity index (χ0v) is 11.5. The molecule has 3 N–H and O–H groups in total. The highest BCUT2D eigenvalue weighted by Gasteiger charge is 2.14. The topological polar surface area (TPSA) is 89.6 Å². The summed E-state index contributed by atoms with van der Waals surface area (Å²) in [6.07, 6.45) is 0. The van der Waals surface area contributed by atoms with Crippen LogP contribution in [0.15, 0.2) is 35.7 Å². The summed E-state index contributed by atoms with van der Waals surface area (Å²) in [6, 6.07) is 7.61. The van der Waals surface area contributed by atoms with E-state index in [-0.39, 0.29) is 5.97 Å². The van der Waals surface area contributed by atoms with Crippen molar-refractivity contribution in [2.75, 3.05) is 7.11 Å². The predicted molar refractivity (Wildman–Crippen MR) is 75.7 cm³/mol. The van der Waals surface area contributed by atoms with Crippen LogP contribution in [-0.2, 0) is 9.53 Å². The molecule has 20 heavy (non-hydrogen) atoms. The molecule has 6 heteroatoms. The van der Waals surface area contributed by atoms with Gasteiger partial charge in [-0.1, -0.05) is 24.3 Å². The highest BCUT2D eigenvalue weighted by molar-refractivity contribution is 7.12. The van der Waals surface area contributed by atoms with Crippen molar-refractivity contribution in [1.82, 2.24) is 0 Å². The Kier molecular flexibility index (Phi) is 4.16. The van der Waals surface area contributed by atoms with E-state index in [0.29, 0.717) is 10.4 Å². The van der Waals surface area contributed by atoms with Crippen LogP contribution in [0.2, 0.25) is 0 Å². The number of thiophene rings is 1. The average molecular weight is 291 g/mol. The highest BCUT2D eigenvalue weighted by Crippen LogP contribution is 2.27. The summed E-state index contributed by atoms with van der Waals surface area (Å²) in [7, 11) is 1.34. The van der Waals surface area contributed by atoms with Crippen molar-refractivity contribution in [1.29, 1.82) is 0 Å². The summed E-state index contributed by atoms with van der Waals surface area (Å²) in [5.41, 5.74) is 7.83. The van der Waals surface area contributed by atoms with E-state index < -0.39 is 12.0 Å². The third-order valence-electron chi connectivity index (χ3n) is 2.86. The van der Waals surface area contributed by atoms with Gasteiger partial charge < -0.3 is 15.6 Å². The zero-order chi connectivity index (χ0) is 14.7. The lowest BCUT2D eigenvalue weighted by molar-refractivity contribution is -0.138. The number of esters is 1. The van der Waals surface area contributed by atoms with Crippen LogP contribution in [0, 0.1) is 0 Å². The minimum Gasteiger partial charge on any atom is -0.480 e.